The van der Waals surface area contributed by atoms with Crippen LogP contribution in [0.1, 0.15) is 17.0 Å². The van der Waals surface area contributed by atoms with Gasteiger partial charge in [0.05, 0.1) is 0 Å². The molecule has 0 saturated heterocycles. The van der Waals surface area contributed by atoms with Crippen LogP contribution in [-0.4, -0.2) is 18.7 Å². The van der Waals surface area contributed by atoms with E-state index in [4.69, 9.17) is 0 Å². The molecule has 2 nitrogen and oxygen atoms in total. The molecule has 0 unspecified atom stereocenters. The molecular formula is C9H18B2N2-. The van der Waals surface area contributed by atoms with E-state index in [0.29, 0.717) is 6.98 Å². The van der Waals surface area contributed by atoms with Crippen LogP contribution in [0, 0.1) is 20.8 Å². The van der Waals surface area contributed by atoms with Crippen molar-refractivity contribution in [2.24, 2.45) is 0 Å². The molecule has 0 aliphatic rings. The second-order valence-electron chi connectivity index (χ2n) is 3.72. The fraction of sp³-hybridized carbons (Fsp3) is 0.556. The zero-order valence-electron chi connectivity index (χ0n) is 9.31. The fourth-order valence-corrected chi connectivity index (χ4v) is 2.11. The van der Waals surface area contributed by atoms with E-state index in [1.165, 1.54) is 22.4 Å². The predicted molar refractivity (Wildman–Crippen MR) is 59.8 cm³/mol. The van der Waals surface area contributed by atoms with Crippen LogP contribution in [0.3, 0.4) is 0 Å². The first-order valence-electron chi connectivity index (χ1n) is 4.81. The van der Waals surface area contributed by atoms with Crippen LogP contribution in [0.2, 0.25) is 13.6 Å². The lowest BCUT2D eigenvalue weighted by molar-refractivity contribution is -0.196. The molecule has 0 amide bonds. The summed E-state index contributed by atoms with van der Waals surface area (Å²) in [5, 5.41) is 0. The van der Waals surface area contributed by atoms with Gasteiger partial charge in [0, 0.05) is 0 Å². The van der Waals surface area contributed by atoms with Gasteiger partial charge >= 0.3 is 0 Å². The maximum Gasteiger partial charge on any atom is 0.241 e. The Balaban J connectivity index is 3.36. The Bertz CT molecular complexity index is 316. The summed E-state index contributed by atoms with van der Waals surface area (Å²) in [5.74, 6) is 0. The highest BCUT2D eigenvalue weighted by Gasteiger charge is 2.06. The minimum Gasteiger partial charge on any atom is -0.550 e. The van der Waals surface area contributed by atoms with Gasteiger partial charge in [-0.3, -0.25) is 12.7 Å². The molecule has 4 heteroatoms. The van der Waals surface area contributed by atoms with Gasteiger partial charge in [-0.05, 0) is 26.5 Å². The first-order valence-corrected chi connectivity index (χ1v) is 4.81. The Morgan fingerprint density at radius 1 is 1.23 bits per heavy atom. The second kappa shape index (κ2) is 3.62. The predicted octanol–water partition coefficient (Wildman–Crippen LogP) is -0.00104. The number of nitrogens with zero attached hydrogens (tertiary/aromatic N) is 1. The van der Waals surface area contributed by atoms with Gasteiger partial charge in [-0.1, -0.05) is 11.3 Å². The Morgan fingerprint density at radius 3 is 2.00 bits per heavy atom. The Morgan fingerprint density at radius 2 is 1.77 bits per heavy atom. The molecular weight excluding hydrogens is 158 g/mol. The van der Waals surface area contributed by atoms with Gasteiger partial charge < -0.3 is 10.1 Å². The molecule has 1 heterocycles. The Labute approximate surface area is 81.9 Å². The molecule has 1 rings (SSSR count). The van der Waals surface area contributed by atoms with Crippen LogP contribution in [-0.2, 0) is 0 Å². The van der Waals surface area contributed by atoms with Crippen molar-refractivity contribution in [2.75, 3.05) is 0 Å². The van der Waals surface area contributed by atoms with E-state index in [2.05, 4.69) is 51.8 Å². The van der Waals surface area contributed by atoms with Crippen molar-refractivity contribution in [1.82, 2.24) is 4.48 Å². The Hall–Kier alpha value is -0.630. The summed E-state index contributed by atoms with van der Waals surface area (Å²) in [6.07, 6.45) is 0. The SMILES string of the molecule is C[B-]c1c(C)c(C)n([B-](C)[NH3+])c1C. The highest BCUT2D eigenvalue weighted by molar-refractivity contribution is 6.54. The van der Waals surface area contributed by atoms with Gasteiger partial charge in [0.1, 0.15) is 0 Å². The number of hydrogen-bond acceptors (Lipinski definition) is 0. The lowest BCUT2D eigenvalue weighted by atomic mass is 9.71. The molecule has 13 heavy (non-hydrogen) atoms. The molecule has 1 aromatic heterocycles. The van der Waals surface area contributed by atoms with E-state index in [-0.39, 0.29) is 0 Å². The van der Waals surface area contributed by atoms with E-state index in [1.807, 2.05) is 0 Å². The molecule has 0 saturated carbocycles. The first kappa shape index (κ1) is 10.5. The molecule has 71 valence electrons. The maximum atomic E-state index is 4.07. The molecule has 0 atom stereocenters. The molecule has 0 aromatic carbocycles. The highest BCUT2D eigenvalue weighted by Crippen LogP contribution is 2.10. The van der Waals surface area contributed by atoms with E-state index in [1.54, 1.807) is 0 Å². The fourth-order valence-electron chi connectivity index (χ4n) is 2.11. The van der Waals surface area contributed by atoms with Crippen molar-refractivity contribution in [3.63, 3.8) is 0 Å². The summed E-state index contributed by atoms with van der Waals surface area (Å²) in [6.45, 7) is 11.0. The molecule has 0 spiro atoms. The third kappa shape index (κ3) is 1.55. The van der Waals surface area contributed by atoms with Crippen molar-refractivity contribution >= 4 is 19.7 Å². The largest absolute Gasteiger partial charge is 0.550 e. The third-order valence-corrected chi connectivity index (χ3v) is 2.79. The summed E-state index contributed by atoms with van der Waals surface area (Å²) < 4.78 is 2.30. The zero-order chi connectivity index (χ0) is 10.2. The molecule has 0 bridgehead atoms. The van der Waals surface area contributed by atoms with Crippen LogP contribution < -0.4 is 11.1 Å². The molecule has 3 N–H and O–H groups in total. The molecule has 0 aliphatic carbocycles. The quantitative estimate of drug-likeness (QED) is 0.615. The second-order valence-corrected chi connectivity index (χ2v) is 3.72. The number of quaternary nitrogens is 1. The molecule has 0 fully saturated rings. The van der Waals surface area contributed by atoms with Gasteiger partial charge in [0.2, 0.25) is 6.98 Å². The summed E-state index contributed by atoms with van der Waals surface area (Å²) in [7, 11) is 2.18. The lowest BCUT2D eigenvalue weighted by Gasteiger charge is -2.20. The normalized spacial score (nSPS) is 11.3. The van der Waals surface area contributed by atoms with Crippen molar-refractivity contribution < 1.29 is 5.64 Å². The van der Waals surface area contributed by atoms with E-state index in [9.17, 15) is 0 Å². The van der Waals surface area contributed by atoms with Crippen molar-refractivity contribution in [3.8, 4) is 0 Å². The number of hydrogen-bond donors (Lipinski definition) is 1. The Kier molecular flexibility index (Phi) is 2.91. The summed E-state index contributed by atoms with van der Waals surface area (Å²) in [6, 6.07) is 0. The van der Waals surface area contributed by atoms with E-state index in [0.717, 1.165) is 0 Å². The summed E-state index contributed by atoms with van der Waals surface area (Å²) in [5.41, 5.74) is 9.50. The minimum absolute atomic E-state index is 0.312. The summed E-state index contributed by atoms with van der Waals surface area (Å²) >= 11 is 0. The van der Waals surface area contributed by atoms with E-state index < -0.39 is 0 Å². The van der Waals surface area contributed by atoms with Gasteiger partial charge in [-0.15, -0.1) is 6.82 Å². The van der Waals surface area contributed by atoms with Gasteiger partial charge in [-0.2, -0.15) is 0 Å². The molecule has 1 aromatic rings. The van der Waals surface area contributed by atoms with Gasteiger partial charge in [-0.25, -0.2) is 6.82 Å². The average Bonchev–Trinajstić information content (AvgIpc) is 2.24. The van der Waals surface area contributed by atoms with Gasteiger partial charge in [0.25, 0.3) is 0 Å². The molecule has 3 radical (unpaired) electrons. The van der Waals surface area contributed by atoms with Crippen LogP contribution in [0.15, 0.2) is 0 Å². The maximum absolute atomic E-state index is 4.07. The average molecular weight is 176 g/mol. The number of aromatic nitrogens is 1. The van der Waals surface area contributed by atoms with Crippen molar-refractivity contribution in [2.45, 2.75) is 34.4 Å². The summed E-state index contributed by atoms with van der Waals surface area (Å²) in [4.78, 5) is 0. The standard InChI is InChI=1S/C9H18B2N2/c1-6-7(2)13(11(5)12)8(3)9(6)10-4/h1-5,12H3/q-1. The molecule has 0 aliphatic heterocycles. The zero-order valence-corrected chi connectivity index (χ0v) is 9.31. The minimum atomic E-state index is 0.312. The van der Waals surface area contributed by atoms with Crippen LogP contribution in [0.25, 0.3) is 0 Å². The van der Waals surface area contributed by atoms with Gasteiger partial charge in [0.15, 0.2) is 0 Å². The first-order chi connectivity index (χ1) is 6.00. The third-order valence-electron chi connectivity index (χ3n) is 2.79. The van der Waals surface area contributed by atoms with Crippen LogP contribution in [0.4, 0.5) is 0 Å². The monoisotopic (exact) mass is 176 g/mol. The lowest BCUT2D eigenvalue weighted by Crippen LogP contribution is -2.68. The van der Waals surface area contributed by atoms with E-state index >= 15 is 0 Å². The number of rotatable bonds is 2. The van der Waals surface area contributed by atoms with Crippen molar-refractivity contribution in [3.05, 3.63) is 17.0 Å². The highest BCUT2D eigenvalue weighted by atomic mass is 15.0. The van der Waals surface area contributed by atoms with Crippen LogP contribution in [0.5, 0.6) is 0 Å². The van der Waals surface area contributed by atoms with Crippen molar-refractivity contribution in [1.29, 1.82) is 0 Å². The topological polar surface area (TPSA) is 32.6 Å². The van der Waals surface area contributed by atoms with Crippen LogP contribution >= 0.6 is 0 Å². The smallest absolute Gasteiger partial charge is 0.241 e.